The Kier molecular flexibility index (Phi) is 7.80. The van der Waals surface area contributed by atoms with Crippen molar-refractivity contribution in [3.63, 3.8) is 0 Å². The van der Waals surface area contributed by atoms with Crippen molar-refractivity contribution in [2.24, 2.45) is 5.73 Å². The molecule has 3 aromatic rings. The van der Waals surface area contributed by atoms with Gasteiger partial charge in [0.2, 0.25) is 5.91 Å². The predicted octanol–water partition coefficient (Wildman–Crippen LogP) is 0.492. The molecule has 2 atom stereocenters. The molecule has 1 heterocycles. The molecule has 0 aliphatic rings. The number of rotatable bonds is 10. The van der Waals surface area contributed by atoms with E-state index in [1.54, 1.807) is 48.5 Å². The number of nitrogens with one attached hydrogen (secondary N) is 3. The van der Waals surface area contributed by atoms with Crippen LogP contribution >= 0.6 is 0 Å². The van der Waals surface area contributed by atoms with Gasteiger partial charge in [-0.05, 0) is 30.5 Å². The van der Waals surface area contributed by atoms with E-state index >= 15 is 0 Å². The SMILES string of the molecule is NC(=O)NCCC[C@H](NC(=O)[C@H](Cc1ccccc1)n1c(=O)[nH]c2ccccc2c1=O)C(=O)O. The van der Waals surface area contributed by atoms with Gasteiger partial charge in [0.1, 0.15) is 12.1 Å². The molecule has 34 heavy (non-hydrogen) atoms. The van der Waals surface area contributed by atoms with E-state index in [2.05, 4.69) is 15.6 Å². The van der Waals surface area contributed by atoms with Crippen LogP contribution in [0.5, 0.6) is 0 Å². The quantitative estimate of drug-likeness (QED) is 0.271. The molecule has 0 saturated carbocycles. The van der Waals surface area contributed by atoms with Gasteiger partial charge in [-0.2, -0.15) is 0 Å². The number of hydrogen-bond donors (Lipinski definition) is 5. The number of para-hydroxylation sites is 1. The number of nitrogens with two attached hydrogens (primary N) is 1. The number of fused-ring (bicyclic) bond motifs is 1. The molecule has 2 aromatic carbocycles. The summed E-state index contributed by atoms with van der Waals surface area (Å²) in [5.41, 5.74) is 4.57. The van der Waals surface area contributed by atoms with Crippen molar-refractivity contribution in [2.45, 2.75) is 31.3 Å². The summed E-state index contributed by atoms with van der Waals surface area (Å²) in [5.74, 6) is -2.08. The van der Waals surface area contributed by atoms with Gasteiger partial charge in [0, 0.05) is 13.0 Å². The lowest BCUT2D eigenvalue weighted by Crippen LogP contribution is -2.49. The molecule has 0 unspecified atom stereocenters. The maximum Gasteiger partial charge on any atom is 0.329 e. The summed E-state index contributed by atoms with van der Waals surface area (Å²) in [4.78, 5) is 64.4. The van der Waals surface area contributed by atoms with Crippen LogP contribution < -0.4 is 27.6 Å². The molecule has 3 amide bonds. The molecule has 178 valence electrons. The van der Waals surface area contributed by atoms with E-state index in [4.69, 9.17) is 5.73 Å². The lowest BCUT2D eigenvalue weighted by Gasteiger charge is -2.22. The predicted molar refractivity (Wildman–Crippen MR) is 124 cm³/mol. The molecule has 0 spiro atoms. The van der Waals surface area contributed by atoms with Crippen LogP contribution in [0.15, 0.2) is 64.2 Å². The van der Waals surface area contributed by atoms with E-state index in [0.29, 0.717) is 11.1 Å². The molecular formula is C23H25N5O6. The Morgan fingerprint density at radius 1 is 1.03 bits per heavy atom. The second-order valence-electron chi connectivity index (χ2n) is 7.69. The largest absolute Gasteiger partial charge is 0.480 e. The minimum Gasteiger partial charge on any atom is -0.480 e. The lowest BCUT2D eigenvalue weighted by atomic mass is 10.0. The number of aliphatic carboxylic acids is 1. The second kappa shape index (κ2) is 10.9. The van der Waals surface area contributed by atoms with Gasteiger partial charge < -0.3 is 26.5 Å². The van der Waals surface area contributed by atoms with Crippen molar-refractivity contribution in [1.82, 2.24) is 20.2 Å². The first-order valence-corrected chi connectivity index (χ1v) is 10.6. The Hall–Kier alpha value is -4.41. The molecule has 3 rings (SSSR count). The zero-order chi connectivity index (χ0) is 24.7. The fourth-order valence-corrected chi connectivity index (χ4v) is 3.64. The molecule has 6 N–H and O–H groups in total. The zero-order valence-electron chi connectivity index (χ0n) is 18.2. The Balaban J connectivity index is 1.95. The van der Waals surface area contributed by atoms with Crippen molar-refractivity contribution >= 4 is 28.8 Å². The zero-order valence-corrected chi connectivity index (χ0v) is 18.2. The van der Waals surface area contributed by atoms with Crippen molar-refractivity contribution in [1.29, 1.82) is 0 Å². The molecule has 1 aromatic heterocycles. The van der Waals surface area contributed by atoms with Gasteiger partial charge in [-0.25, -0.2) is 19.0 Å². The van der Waals surface area contributed by atoms with Gasteiger partial charge in [0.05, 0.1) is 10.9 Å². The highest BCUT2D eigenvalue weighted by molar-refractivity contribution is 5.86. The Labute approximate surface area is 193 Å². The molecule has 0 fully saturated rings. The third kappa shape index (κ3) is 5.88. The molecule has 11 heteroatoms. The van der Waals surface area contributed by atoms with Crippen molar-refractivity contribution in [3.05, 3.63) is 81.0 Å². The molecule has 11 nitrogen and oxygen atoms in total. The fourth-order valence-electron chi connectivity index (χ4n) is 3.64. The lowest BCUT2D eigenvalue weighted by molar-refractivity contribution is -0.142. The minimum absolute atomic E-state index is 0.00237. The number of carboxylic acid groups (broad SMARTS) is 1. The number of amides is 3. The number of aromatic nitrogens is 2. The topological polar surface area (TPSA) is 176 Å². The van der Waals surface area contributed by atoms with Crippen LogP contribution in [0, 0.1) is 0 Å². The van der Waals surface area contributed by atoms with Gasteiger partial charge in [-0.3, -0.25) is 9.59 Å². The maximum absolute atomic E-state index is 13.3. The van der Waals surface area contributed by atoms with Crippen LogP contribution in [0.4, 0.5) is 4.79 Å². The number of hydrogen-bond acceptors (Lipinski definition) is 5. The number of carbonyl (C=O) groups excluding carboxylic acids is 2. The first kappa shape index (κ1) is 24.2. The van der Waals surface area contributed by atoms with Gasteiger partial charge in [-0.1, -0.05) is 42.5 Å². The normalized spacial score (nSPS) is 12.6. The number of benzene rings is 2. The summed E-state index contributed by atoms with van der Waals surface area (Å²) in [6.45, 7) is 0.131. The van der Waals surface area contributed by atoms with Crippen LogP contribution in [0.3, 0.4) is 0 Å². The second-order valence-corrected chi connectivity index (χ2v) is 7.69. The minimum atomic E-state index is -1.30. The highest BCUT2D eigenvalue weighted by Gasteiger charge is 2.29. The Morgan fingerprint density at radius 3 is 2.38 bits per heavy atom. The monoisotopic (exact) mass is 467 g/mol. The van der Waals surface area contributed by atoms with Crippen molar-refractivity contribution < 1.29 is 19.5 Å². The third-order valence-corrected chi connectivity index (χ3v) is 5.31. The first-order chi connectivity index (χ1) is 16.3. The molecule has 0 radical (unpaired) electrons. The number of H-pyrrole nitrogens is 1. The molecule has 0 saturated heterocycles. The Morgan fingerprint density at radius 2 is 1.71 bits per heavy atom. The number of carboxylic acids is 1. The van der Waals surface area contributed by atoms with Crippen LogP contribution in [0.25, 0.3) is 10.9 Å². The summed E-state index contributed by atoms with van der Waals surface area (Å²) in [7, 11) is 0. The van der Waals surface area contributed by atoms with Gasteiger partial charge in [0.25, 0.3) is 5.56 Å². The highest BCUT2D eigenvalue weighted by Crippen LogP contribution is 2.14. The van der Waals surface area contributed by atoms with Gasteiger partial charge >= 0.3 is 17.7 Å². The number of carbonyl (C=O) groups is 3. The van der Waals surface area contributed by atoms with E-state index in [-0.39, 0.29) is 31.2 Å². The summed E-state index contributed by atoms with van der Waals surface area (Å²) < 4.78 is 0.818. The first-order valence-electron chi connectivity index (χ1n) is 10.6. The summed E-state index contributed by atoms with van der Waals surface area (Å²) in [5, 5.41) is 14.6. The average molecular weight is 467 g/mol. The van der Waals surface area contributed by atoms with Crippen LogP contribution in [-0.4, -0.2) is 45.2 Å². The Bertz CT molecular complexity index is 1300. The number of urea groups is 1. The van der Waals surface area contributed by atoms with Crippen molar-refractivity contribution in [3.8, 4) is 0 Å². The van der Waals surface area contributed by atoms with E-state index in [1.165, 1.54) is 6.07 Å². The summed E-state index contributed by atoms with van der Waals surface area (Å²) in [6, 6.07) is 11.9. The van der Waals surface area contributed by atoms with Gasteiger partial charge in [0.15, 0.2) is 0 Å². The summed E-state index contributed by atoms with van der Waals surface area (Å²) >= 11 is 0. The van der Waals surface area contributed by atoms with Crippen molar-refractivity contribution in [2.75, 3.05) is 6.54 Å². The maximum atomic E-state index is 13.3. The summed E-state index contributed by atoms with van der Waals surface area (Å²) in [6.07, 6.45) is 0.228. The molecular weight excluding hydrogens is 442 g/mol. The van der Waals surface area contributed by atoms with Crippen LogP contribution in [-0.2, 0) is 16.0 Å². The van der Waals surface area contributed by atoms with Crippen LogP contribution in [0.2, 0.25) is 0 Å². The third-order valence-electron chi connectivity index (χ3n) is 5.31. The number of primary amides is 1. The molecule has 0 bridgehead atoms. The average Bonchev–Trinajstić information content (AvgIpc) is 2.80. The number of aromatic amines is 1. The van der Waals surface area contributed by atoms with E-state index in [0.717, 1.165) is 4.57 Å². The van der Waals surface area contributed by atoms with E-state index in [9.17, 15) is 29.1 Å². The van der Waals surface area contributed by atoms with Gasteiger partial charge in [-0.15, -0.1) is 0 Å². The highest BCUT2D eigenvalue weighted by atomic mass is 16.4. The smallest absolute Gasteiger partial charge is 0.329 e. The molecule has 0 aliphatic carbocycles. The van der Waals surface area contributed by atoms with E-state index < -0.39 is 41.2 Å². The number of nitrogens with zero attached hydrogens (tertiary/aromatic N) is 1. The van der Waals surface area contributed by atoms with Crippen LogP contribution in [0.1, 0.15) is 24.4 Å². The fraction of sp³-hybridized carbons (Fsp3) is 0.261. The standard InChI is InChI=1S/C23H25N5O6/c24-22(33)25-12-6-11-17(21(31)32)26-19(29)18(13-14-7-2-1-3-8-14)28-20(30)15-9-4-5-10-16(15)27-23(28)34/h1-5,7-10,17-18H,6,11-13H2,(H,26,29)(H,27,34)(H,31,32)(H3,24,25,33)/t17-,18-/m0/s1. The van der Waals surface area contributed by atoms with E-state index in [1.807, 2.05) is 0 Å². The molecule has 0 aliphatic heterocycles.